The van der Waals surface area contributed by atoms with Gasteiger partial charge in [0, 0.05) is 12.8 Å². The van der Waals surface area contributed by atoms with Gasteiger partial charge in [-0.3, -0.25) is 23.9 Å². The van der Waals surface area contributed by atoms with Crippen molar-refractivity contribution >= 4 is 23.2 Å². The van der Waals surface area contributed by atoms with Crippen molar-refractivity contribution in [1.29, 1.82) is 0 Å². The summed E-state index contributed by atoms with van der Waals surface area (Å²) >= 11 is -2.61. The van der Waals surface area contributed by atoms with E-state index < -0.39 is 23.2 Å². The minimum atomic E-state index is -2.61. The molecule has 1 rings (SSSR count). The van der Waals surface area contributed by atoms with Crippen molar-refractivity contribution in [2.45, 2.75) is 12.8 Å². The number of hydrogen-bond donors (Lipinski definition) is 3. The van der Waals surface area contributed by atoms with Gasteiger partial charge in [-0.1, -0.05) is 0 Å². The van der Waals surface area contributed by atoms with Gasteiger partial charge in [-0.25, -0.2) is 0 Å². The van der Waals surface area contributed by atoms with Crippen molar-refractivity contribution in [2.75, 3.05) is 0 Å². The summed E-state index contributed by atoms with van der Waals surface area (Å²) in [6.45, 7) is 0. The molecule has 72 valence electrons. The van der Waals surface area contributed by atoms with Gasteiger partial charge in [0.1, 0.15) is 0 Å². The third kappa shape index (κ3) is 7.26. The summed E-state index contributed by atoms with van der Waals surface area (Å²) in [5.74, 6) is -1.01. The largest absolute Gasteiger partial charge is 1.00 e. The number of carbonyl (C=O) groups excluding carboxylic acids is 2. The summed E-state index contributed by atoms with van der Waals surface area (Å²) in [4.78, 5) is 20.5. The maximum absolute atomic E-state index is 10.2. The fraction of sp³-hybridized carbons (Fsp3) is 0.500. The topological polar surface area (TPSA) is 115 Å². The fourth-order valence-electron chi connectivity index (χ4n) is 0.565. The normalized spacial score (nSPS) is 15.2. The SMILES string of the molecule is O=C1CCC(=O)N1O.O=S(O)O.[H-].[Na+]. The van der Waals surface area contributed by atoms with Crippen LogP contribution in [-0.4, -0.2) is 35.4 Å². The van der Waals surface area contributed by atoms with Crippen LogP contribution >= 0.6 is 0 Å². The van der Waals surface area contributed by atoms with Crippen LogP contribution in [0.4, 0.5) is 0 Å². The number of amides is 2. The molecule has 1 aliphatic rings. The molecule has 0 aromatic rings. The van der Waals surface area contributed by atoms with Crippen LogP contribution in [0.5, 0.6) is 0 Å². The van der Waals surface area contributed by atoms with Gasteiger partial charge >= 0.3 is 29.6 Å². The van der Waals surface area contributed by atoms with Gasteiger partial charge < -0.3 is 1.43 Å². The van der Waals surface area contributed by atoms with Crippen molar-refractivity contribution in [1.82, 2.24) is 5.06 Å². The van der Waals surface area contributed by atoms with Crippen LogP contribution in [0.25, 0.3) is 0 Å². The fourth-order valence-corrected chi connectivity index (χ4v) is 0.565. The Kier molecular flexibility index (Phi) is 9.09. The molecule has 0 aliphatic carbocycles. The standard InChI is InChI=1S/C4H5NO3.Na.H2O3S.H/c6-3-1-2-4(7)5(3)8;;1-4(2)3;/h8H,1-2H2;;(H2,1,2,3);/q;+1;;-1. The second-order valence-electron chi connectivity index (χ2n) is 1.83. The van der Waals surface area contributed by atoms with E-state index in [1.807, 2.05) is 0 Å². The first kappa shape index (κ1) is 15.6. The molecule has 7 nitrogen and oxygen atoms in total. The van der Waals surface area contributed by atoms with Crippen molar-refractivity contribution in [3.05, 3.63) is 0 Å². The van der Waals surface area contributed by atoms with E-state index in [0.717, 1.165) is 0 Å². The van der Waals surface area contributed by atoms with Gasteiger partial charge in [0.2, 0.25) is 0 Å². The second kappa shape index (κ2) is 7.56. The third-order valence-corrected chi connectivity index (χ3v) is 1.03. The van der Waals surface area contributed by atoms with Gasteiger partial charge in [0.15, 0.2) is 0 Å². The molecular weight excluding hydrogens is 213 g/mol. The number of rotatable bonds is 0. The molecule has 0 unspecified atom stereocenters. The number of nitrogens with zero attached hydrogens (tertiary/aromatic N) is 1. The predicted octanol–water partition coefficient (Wildman–Crippen LogP) is -3.68. The first-order valence-electron chi connectivity index (χ1n) is 2.79. The Hall–Kier alpha value is 0.170. The molecule has 1 aliphatic heterocycles. The number of imide groups is 1. The first-order valence-corrected chi connectivity index (χ1v) is 3.86. The van der Waals surface area contributed by atoms with Gasteiger partial charge in [-0.2, -0.15) is 9.27 Å². The van der Waals surface area contributed by atoms with Crippen LogP contribution < -0.4 is 29.6 Å². The van der Waals surface area contributed by atoms with Crippen molar-refractivity contribution in [3.63, 3.8) is 0 Å². The first-order chi connectivity index (χ1) is 5.45. The minimum Gasteiger partial charge on any atom is -1.00 e. The van der Waals surface area contributed by atoms with Crippen LogP contribution in [-0.2, 0) is 21.0 Å². The summed E-state index contributed by atoms with van der Waals surface area (Å²) in [5.41, 5.74) is 0. The van der Waals surface area contributed by atoms with E-state index in [4.69, 9.17) is 18.5 Å². The zero-order valence-corrected chi connectivity index (χ0v) is 9.65. The van der Waals surface area contributed by atoms with E-state index in [1.165, 1.54) is 0 Å². The monoisotopic (exact) mass is 221 g/mol. The molecule has 1 fully saturated rings. The van der Waals surface area contributed by atoms with Crippen LogP contribution in [0.2, 0.25) is 0 Å². The Morgan fingerprint density at radius 3 is 1.54 bits per heavy atom. The molecule has 0 aromatic carbocycles. The van der Waals surface area contributed by atoms with E-state index in [0.29, 0.717) is 0 Å². The van der Waals surface area contributed by atoms with Crippen LogP contribution in [0.15, 0.2) is 0 Å². The molecule has 1 heterocycles. The second-order valence-corrected chi connectivity index (χ2v) is 2.29. The predicted molar refractivity (Wildman–Crippen MR) is 37.4 cm³/mol. The van der Waals surface area contributed by atoms with E-state index in [9.17, 15) is 9.59 Å². The number of hydroxylamine groups is 2. The quantitative estimate of drug-likeness (QED) is 0.168. The molecular formula is C4H8NNaO6S. The number of carbonyl (C=O) groups is 2. The molecule has 0 saturated carbocycles. The van der Waals surface area contributed by atoms with Gasteiger partial charge in [-0.15, -0.1) is 0 Å². The maximum atomic E-state index is 10.2. The van der Waals surface area contributed by atoms with Crippen molar-refractivity contribution in [2.24, 2.45) is 0 Å². The molecule has 1 saturated heterocycles. The van der Waals surface area contributed by atoms with Crippen LogP contribution in [0.1, 0.15) is 14.3 Å². The Labute approximate surface area is 99.9 Å². The molecule has 0 aromatic heterocycles. The van der Waals surface area contributed by atoms with Gasteiger partial charge in [-0.05, 0) is 0 Å². The third-order valence-electron chi connectivity index (χ3n) is 1.03. The molecule has 13 heavy (non-hydrogen) atoms. The van der Waals surface area contributed by atoms with E-state index in [1.54, 1.807) is 0 Å². The smallest absolute Gasteiger partial charge is 1.00 e. The average Bonchev–Trinajstić information content (AvgIpc) is 2.19. The molecule has 0 bridgehead atoms. The molecule has 0 atom stereocenters. The van der Waals surface area contributed by atoms with E-state index in [-0.39, 0.29) is 48.9 Å². The Bertz CT molecular complexity index is 206. The average molecular weight is 221 g/mol. The molecule has 0 radical (unpaired) electrons. The Morgan fingerprint density at radius 1 is 1.23 bits per heavy atom. The summed E-state index contributed by atoms with van der Waals surface area (Å²) < 4.78 is 22.8. The van der Waals surface area contributed by atoms with E-state index >= 15 is 0 Å². The van der Waals surface area contributed by atoms with Gasteiger partial charge in [0.25, 0.3) is 23.2 Å². The summed E-state index contributed by atoms with van der Waals surface area (Å²) in [6, 6.07) is 0. The number of hydrogen-bond acceptors (Lipinski definition) is 4. The molecule has 9 heteroatoms. The maximum Gasteiger partial charge on any atom is 1.00 e. The summed E-state index contributed by atoms with van der Waals surface area (Å²) in [5, 5.41) is 8.57. The van der Waals surface area contributed by atoms with Crippen molar-refractivity contribution < 1.29 is 59.1 Å². The summed E-state index contributed by atoms with van der Waals surface area (Å²) in [7, 11) is 0. The zero-order valence-electron chi connectivity index (χ0n) is 7.84. The molecule has 3 N–H and O–H groups in total. The van der Waals surface area contributed by atoms with Crippen LogP contribution in [0, 0.1) is 0 Å². The zero-order chi connectivity index (χ0) is 9.72. The molecule has 2 amide bonds. The van der Waals surface area contributed by atoms with Gasteiger partial charge in [0.05, 0.1) is 0 Å². The minimum absolute atomic E-state index is 0. The Morgan fingerprint density at radius 2 is 1.46 bits per heavy atom. The van der Waals surface area contributed by atoms with E-state index in [2.05, 4.69) is 0 Å². The Balaban J connectivity index is -0.000000180. The summed E-state index contributed by atoms with van der Waals surface area (Å²) in [6.07, 6.45) is 0.296. The van der Waals surface area contributed by atoms with Crippen molar-refractivity contribution in [3.8, 4) is 0 Å². The van der Waals surface area contributed by atoms with Crippen LogP contribution in [0.3, 0.4) is 0 Å². The molecule has 0 spiro atoms.